The minimum atomic E-state index is -4.33. The Hall–Kier alpha value is -1.76. The van der Waals surface area contributed by atoms with Crippen molar-refractivity contribution in [1.82, 2.24) is 10.2 Å². The predicted octanol–water partition coefficient (Wildman–Crippen LogP) is 4.05. The van der Waals surface area contributed by atoms with Crippen molar-refractivity contribution in [2.24, 2.45) is 0 Å². The van der Waals surface area contributed by atoms with Crippen LogP contribution in [0.1, 0.15) is 51.0 Å². The van der Waals surface area contributed by atoms with E-state index < -0.39 is 11.7 Å². The lowest BCUT2D eigenvalue weighted by Gasteiger charge is -2.40. The van der Waals surface area contributed by atoms with E-state index in [1.54, 1.807) is 6.07 Å². The zero-order chi connectivity index (χ0) is 20.1. The van der Waals surface area contributed by atoms with E-state index in [1.165, 1.54) is 31.4 Å². The van der Waals surface area contributed by atoms with E-state index in [9.17, 15) is 18.0 Å². The fourth-order valence-electron chi connectivity index (χ4n) is 4.32. The first-order valence-corrected chi connectivity index (χ1v) is 10.3. The van der Waals surface area contributed by atoms with E-state index in [0.717, 1.165) is 25.3 Å². The van der Waals surface area contributed by atoms with Crippen LogP contribution < -0.4 is 10.2 Å². The lowest BCUT2D eigenvalue weighted by molar-refractivity contribution is -0.137. The molecule has 4 nitrogen and oxygen atoms in total. The molecular weight excluding hydrogens is 367 g/mol. The van der Waals surface area contributed by atoms with Crippen LogP contribution in [-0.4, -0.2) is 49.1 Å². The summed E-state index contributed by atoms with van der Waals surface area (Å²) in [5.74, 6) is 0.0990. The normalized spacial score (nSPS) is 20.8. The van der Waals surface area contributed by atoms with Crippen LogP contribution in [0.25, 0.3) is 0 Å². The highest BCUT2D eigenvalue weighted by atomic mass is 19.4. The van der Waals surface area contributed by atoms with Crippen molar-refractivity contribution in [3.05, 3.63) is 29.8 Å². The van der Waals surface area contributed by atoms with Gasteiger partial charge in [0.25, 0.3) is 0 Å². The Morgan fingerprint density at radius 3 is 2.43 bits per heavy atom. The zero-order valence-corrected chi connectivity index (χ0v) is 16.5. The second-order valence-corrected chi connectivity index (χ2v) is 7.84. The molecule has 0 radical (unpaired) electrons. The van der Waals surface area contributed by atoms with Gasteiger partial charge in [0.1, 0.15) is 0 Å². The minimum absolute atomic E-state index is 0.0990. The second-order valence-electron chi connectivity index (χ2n) is 7.84. The largest absolute Gasteiger partial charge is 0.416 e. The minimum Gasteiger partial charge on any atom is -0.369 e. The predicted molar refractivity (Wildman–Crippen MR) is 104 cm³/mol. The summed E-state index contributed by atoms with van der Waals surface area (Å²) in [5.41, 5.74) is -0.0279. The number of carbonyl (C=O) groups excluding carboxylic acids is 1. The van der Waals surface area contributed by atoms with Crippen LogP contribution in [-0.2, 0) is 11.0 Å². The van der Waals surface area contributed by atoms with Crippen LogP contribution >= 0.6 is 0 Å². The third kappa shape index (κ3) is 5.19. The molecule has 0 spiro atoms. The number of hydrogen-bond donors (Lipinski definition) is 1. The topological polar surface area (TPSA) is 35.6 Å². The number of anilines is 1. The molecule has 1 aromatic carbocycles. The fraction of sp³-hybridized carbons (Fsp3) is 0.667. The molecule has 7 heteroatoms. The standard InChI is InChI=1S/C21H30F3N3O/c1-2-19(20(28)25-17-8-4-3-5-9-17)27-13-11-26(12-14-27)18-10-6-7-16(15-18)21(22,23)24/h6-7,10,15,17,19H,2-5,8-9,11-14H2,1H3,(H,25,28)/t19-/m0/s1. The number of carbonyl (C=O) groups is 1. The molecule has 1 aliphatic heterocycles. The fourth-order valence-corrected chi connectivity index (χ4v) is 4.32. The first-order chi connectivity index (χ1) is 13.4. The van der Waals surface area contributed by atoms with E-state index >= 15 is 0 Å². The van der Waals surface area contributed by atoms with E-state index in [0.29, 0.717) is 37.9 Å². The molecule has 0 bridgehead atoms. The molecule has 28 heavy (non-hydrogen) atoms. The van der Waals surface area contributed by atoms with Gasteiger partial charge in [0, 0.05) is 37.9 Å². The molecule has 2 aliphatic rings. The highest BCUT2D eigenvalue weighted by Gasteiger charge is 2.32. The van der Waals surface area contributed by atoms with E-state index in [2.05, 4.69) is 10.2 Å². The van der Waals surface area contributed by atoms with Crippen molar-refractivity contribution in [3.8, 4) is 0 Å². The Morgan fingerprint density at radius 2 is 1.82 bits per heavy atom. The first kappa shape index (κ1) is 21.0. The molecule has 1 aromatic rings. The van der Waals surface area contributed by atoms with Crippen molar-refractivity contribution in [2.75, 3.05) is 31.1 Å². The number of halogens is 3. The molecule has 1 N–H and O–H groups in total. The molecule has 156 valence electrons. The molecule has 3 rings (SSSR count). The van der Waals surface area contributed by atoms with Gasteiger partial charge in [0.15, 0.2) is 0 Å². The summed E-state index contributed by atoms with van der Waals surface area (Å²) in [6.07, 6.45) is 2.14. The van der Waals surface area contributed by atoms with Crippen LogP contribution in [0.3, 0.4) is 0 Å². The number of rotatable bonds is 5. The third-order valence-corrected chi connectivity index (χ3v) is 5.93. The quantitative estimate of drug-likeness (QED) is 0.814. The lowest BCUT2D eigenvalue weighted by atomic mass is 9.95. The maximum atomic E-state index is 13.0. The Morgan fingerprint density at radius 1 is 1.14 bits per heavy atom. The molecule has 1 amide bonds. The number of benzene rings is 1. The molecule has 1 atom stereocenters. The van der Waals surface area contributed by atoms with Crippen molar-refractivity contribution < 1.29 is 18.0 Å². The van der Waals surface area contributed by atoms with Gasteiger partial charge >= 0.3 is 6.18 Å². The third-order valence-electron chi connectivity index (χ3n) is 5.93. The van der Waals surface area contributed by atoms with Gasteiger partial charge in [-0.2, -0.15) is 13.2 Å². The molecule has 0 aromatic heterocycles. The van der Waals surface area contributed by atoms with Crippen molar-refractivity contribution in [2.45, 2.75) is 63.7 Å². The smallest absolute Gasteiger partial charge is 0.369 e. The van der Waals surface area contributed by atoms with Crippen LogP contribution in [0.5, 0.6) is 0 Å². The summed E-state index contributed by atoms with van der Waals surface area (Å²) >= 11 is 0. The Balaban J connectivity index is 1.56. The van der Waals surface area contributed by atoms with E-state index in [1.807, 2.05) is 11.8 Å². The summed E-state index contributed by atoms with van der Waals surface area (Å²) in [5, 5.41) is 3.21. The van der Waals surface area contributed by atoms with Crippen molar-refractivity contribution in [1.29, 1.82) is 0 Å². The Kier molecular flexibility index (Phi) is 6.86. The van der Waals surface area contributed by atoms with Gasteiger partial charge in [-0.05, 0) is 37.5 Å². The average molecular weight is 397 g/mol. The van der Waals surface area contributed by atoms with Crippen LogP contribution in [0.15, 0.2) is 24.3 Å². The number of amides is 1. The maximum Gasteiger partial charge on any atom is 0.416 e. The van der Waals surface area contributed by atoms with Gasteiger partial charge in [-0.25, -0.2) is 0 Å². The molecular formula is C21H30F3N3O. The lowest BCUT2D eigenvalue weighted by Crippen LogP contribution is -2.56. The average Bonchev–Trinajstić information content (AvgIpc) is 2.69. The molecule has 1 heterocycles. The number of nitrogens with zero attached hydrogens (tertiary/aromatic N) is 2. The van der Waals surface area contributed by atoms with Crippen LogP contribution in [0, 0.1) is 0 Å². The highest BCUT2D eigenvalue weighted by molar-refractivity contribution is 5.82. The summed E-state index contributed by atoms with van der Waals surface area (Å²) < 4.78 is 38.9. The van der Waals surface area contributed by atoms with Gasteiger partial charge in [0.2, 0.25) is 5.91 Å². The van der Waals surface area contributed by atoms with Gasteiger partial charge in [-0.3, -0.25) is 9.69 Å². The van der Waals surface area contributed by atoms with Gasteiger partial charge in [-0.1, -0.05) is 32.3 Å². The molecule has 1 saturated carbocycles. The molecule has 1 saturated heterocycles. The monoisotopic (exact) mass is 397 g/mol. The van der Waals surface area contributed by atoms with Gasteiger partial charge in [0.05, 0.1) is 11.6 Å². The second kappa shape index (κ2) is 9.16. The summed E-state index contributed by atoms with van der Waals surface area (Å²) in [6.45, 7) is 4.60. The SMILES string of the molecule is CC[C@@H](C(=O)NC1CCCCC1)N1CCN(c2cccc(C(F)(F)F)c2)CC1. The Labute approximate surface area is 165 Å². The molecule has 2 fully saturated rings. The van der Waals surface area contributed by atoms with E-state index in [-0.39, 0.29) is 11.9 Å². The molecule has 1 aliphatic carbocycles. The van der Waals surface area contributed by atoms with Crippen LogP contribution in [0.4, 0.5) is 18.9 Å². The Bertz CT molecular complexity index is 651. The highest BCUT2D eigenvalue weighted by Crippen LogP contribution is 2.32. The van der Waals surface area contributed by atoms with Gasteiger partial charge < -0.3 is 10.2 Å². The molecule has 0 unspecified atom stereocenters. The first-order valence-electron chi connectivity index (χ1n) is 10.3. The van der Waals surface area contributed by atoms with Crippen molar-refractivity contribution >= 4 is 11.6 Å². The zero-order valence-electron chi connectivity index (χ0n) is 16.5. The number of piperazine rings is 1. The van der Waals surface area contributed by atoms with Crippen molar-refractivity contribution in [3.63, 3.8) is 0 Å². The maximum absolute atomic E-state index is 13.0. The number of hydrogen-bond acceptors (Lipinski definition) is 3. The summed E-state index contributed by atoms with van der Waals surface area (Å²) in [7, 11) is 0. The number of alkyl halides is 3. The van der Waals surface area contributed by atoms with E-state index in [4.69, 9.17) is 0 Å². The number of nitrogens with one attached hydrogen (secondary N) is 1. The van der Waals surface area contributed by atoms with Crippen LogP contribution in [0.2, 0.25) is 0 Å². The summed E-state index contributed by atoms with van der Waals surface area (Å²) in [4.78, 5) is 16.9. The summed E-state index contributed by atoms with van der Waals surface area (Å²) in [6, 6.07) is 5.62. The van der Waals surface area contributed by atoms with Gasteiger partial charge in [-0.15, -0.1) is 0 Å².